The maximum Gasteiger partial charge on any atom is 0.242 e. The number of nitrogens with one attached hydrogen (secondary N) is 1. The van der Waals surface area contributed by atoms with Gasteiger partial charge in [-0.05, 0) is 36.1 Å². The second-order valence-electron chi connectivity index (χ2n) is 7.35. The van der Waals surface area contributed by atoms with E-state index in [1.807, 2.05) is 68.4 Å². The van der Waals surface area contributed by atoms with Crippen LogP contribution in [0.25, 0.3) is 0 Å². The first-order valence-electron chi connectivity index (χ1n) is 9.64. The summed E-state index contributed by atoms with van der Waals surface area (Å²) in [5, 5.41) is 2.93. The zero-order valence-corrected chi connectivity index (χ0v) is 17.1. The minimum absolute atomic E-state index is 0.0822. The lowest BCUT2D eigenvalue weighted by molar-refractivity contribution is -0.140. The van der Waals surface area contributed by atoms with E-state index in [2.05, 4.69) is 5.32 Å². The highest BCUT2D eigenvalue weighted by molar-refractivity contribution is 5.88. The quantitative estimate of drug-likeness (QED) is 0.723. The lowest BCUT2D eigenvalue weighted by Crippen LogP contribution is -2.48. The van der Waals surface area contributed by atoms with Gasteiger partial charge in [-0.15, -0.1) is 0 Å². The highest BCUT2D eigenvalue weighted by Crippen LogP contribution is 2.15. The Morgan fingerprint density at radius 2 is 1.61 bits per heavy atom. The molecule has 5 nitrogen and oxygen atoms in total. The van der Waals surface area contributed by atoms with Crippen molar-refractivity contribution in [3.63, 3.8) is 0 Å². The van der Waals surface area contributed by atoms with Crippen molar-refractivity contribution in [2.24, 2.45) is 5.92 Å². The SMILES string of the molecule is COc1ccc(CC(=O)N(Cc2ccccc2)[C@H](C)C(=O)NCC(C)C)cc1. The topological polar surface area (TPSA) is 58.6 Å². The summed E-state index contributed by atoms with van der Waals surface area (Å²) in [7, 11) is 1.61. The molecule has 0 aromatic heterocycles. The van der Waals surface area contributed by atoms with Gasteiger partial charge >= 0.3 is 0 Å². The van der Waals surface area contributed by atoms with E-state index in [-0.39, 0.29) is 18.2 Å². The molecule has 0 aliphatic heterocycles. The van der Waals surface area contributed by atoms with Crippen molar-refractivity contribution < 1.29 is 14.3 Å². The largest absolute Gasteiger partial charge is 0.497 e. The van der Waals surface area contributed by atoms with E-state index in [0.29, 0.717) is 19.0 Å². The third kappa shape index (κ3) is 6.41. The summed E-state index contributed by atoms with van der Waals surface area (Å²) in [6, 6.07) is 16.6. The fourth-order valence-corrected chi connectivity index (χ4v) is 2.83. The van der Waals surface area contributed by atoms with Crippen molar-refractivity contribution >= 4 is 11.8 Å². The number of hydrogen-bond acceptors (Lipinski definition) is 3. The zero-order chi connectivity index (χ0) is 20.5. The van der Waals surface area contributed by atoms with Gasteiger partial charge in [0.05, 0.1) is 13.5 Å². The first-order valence-corrected chi connectivity index (χ1v) is 9.64. The number of rotatable bonds is 9. The Hall–Kier alpha value is -2.82. The fourth-order valence-electron chi connectivity index (χ4n) is 2.83. The molecule has 0 saturated heterocycles. The van der Waals surface area contributed by atoms with Crippen LogP contribution in [0.3, 0.4) is 0 Å². The molecule has 0 heterocycles. The second kappa shape index (κ2) is 10.5. The lowest BCUT2D eigenvalue weighted by Gasteiger charge is -2.29. The van der Waals surface area contributed by atoms with Gasteiger partial charge in [0.2, 0.25) is 11.8 Å². The van der Waals surface area contributed by atoms with Crippen LogP contribution in [0.4, 0.5) is 0 Å². The molecule has 0 aliphatic carbocycles. The Bertz CT molecular complexity index is 757. The van der Waals surface area contributed by atoms with E-state index in [0.717, 1.165) is 16.9 Å². The second-order valence-corrected chi connectivity index (χ2v) is 7.35. The molecule has 0 fully saturated rings. The van der Waals surface area contributed by atoms with E-state index in [1.165, 1.54) is 0 Å². The maximum atomic E-state index is 13.1. The molecule has 2 aromatic carbocycles. The van der Waals surface area contributed by atoms with Crippen molar-refractivity contribution in [1.29, 1.82) is 0 Å². The summed E-state index contributed by atoms with van der Waals surface area (Å²) >= 11 is 0. The highest BCUT2D eigenvalue weighted by atomic mass is 16.5. The predicted molar refractivity (Wildman–Crippen MR) is 111 cm³/mol. The number of carbonyl (C=O) groups is 2. The molecule has 0 radical (unpaired) electrons. The number of methoxy groups -OCH3 is 1. The predicted octanol–water partition coefficient (Wildman–Crippen LogP) is 3.43. The van der Waals surface area contributed by atoms with Gasteiger partial charge in [-0.2, -0.15) is 0 Å². The number of amides is 2. The standard InChI is InChI=1S/C23H30N2O3/c1-17(2)15-24-23(27)18(3)25(16-20-8-6-5-7-9-20)22(26)14-19-10-12-21(28-4)13-11-19/h5-13,17-18H,14-16H2,1-4H3,(H,24,27)/t18-/m1/s1. The smallest absolute Gasteiger partial charge is 0.242 e. The number of carbonyl (C=O) groups excluding carboxylic acids is 2. The van der Waals surface area contributed by atoms with Crippen LogP contribution in [-0.2, 0) is 22.6 Å². The maximum absolute atomic E-state index is 13.1. The normalized spacial score (nSPS) is 11.8. The Morgan fingerprint density at radius 3 is 2.18 bits per heavy atom. The molecule has 150 valence electrons. The van der Waals surface area contributed by atoms with Gasteiger partial charge in [0.1, 0.15) is 11.8 Å². The third-order valence-electron chi connectivity index (χ3n) is 4.56. The molecule has 2 amide bonds. The van der Waals surface area contributed by atoms with Gasteiger partial charge < -0.3 is 15.0 Å². The first kappa shape index (κ1) is 21.5. The van der Waals surface area contributed by atoms with Gasteiger partial charge in [-0.1, -0.05) is 56.3 Å². The third-order valence-corrected chi connectivity index (χ3v) is 4.56. The zero-order valence-electron chi connectivity index (χ0n) is 17.1. The van der Waals surface area contributed by atoms with Crippen molar-refractivity contribution in [1.82, 2.24) is 10.2 Å². The van der Waals surface area contributed by atoms with Crippen LogP contribution in [0.2, 0.25) is 0 Å². The van der Waals surface area contributed by atoms with Gasteiger partial charge in [-0.3, -0.25) is 9.59 Å². The van der Waals surface area contributed by atoms with Gasteiger partial charge in [0.25, 0.3) is 0 Å². The molecule has 0 spiro atoms. The van der Waals surface area contributed by atoms with Crippen molar-refractivity contribution in [3.8, 4) is 5.75 Å². The van der Waals surface area contributed by atoms with Gasteiger partial charge in [-0.25, -0.2) is 0 Å². The molecule has 1 atom stereocenters. The van der Waals surface area contributed by atoms with Crippen LogP contribution in [0.15, 0.2) is 54.6 Å². The Morgan fingerprint density at radius 1 is 0.964 bits per heavy atom. The first-order chi connectivity index (χ1) is 13.4. The molecule has 2 aromatic rings. The summed E-state index contributed by atoms with van der Waals surface area (Å²) in [5.41, 5.74) is 1.88. The van der Waals surface area contributed by atoms with Crippen LogP contribution in [0.5, 0.6) is 5.75 Å². The van der Waals surface area contributed by atoms with Crippen LogP contribution in [0, 0.1) is 5.92 Å². The van der Waals surface area contributed by atoms with Gasteiger partial charge in [0.15, 0.2) is 0 Å². The molecule has 1 N–H and O–H groups in total. The summed E-state index contributed by atoms with van der Waals surface area (Å²) in [4.78, 5) is 27.3. The number of benzene rings is 2. The molecule has 28 heavy (non-hydrogen) atoms. The molecular formula is C23H30N2O3. The minimum atomic E-state index is -0.551. The van der Waals surface area contributed by atoms with E-state index in [9.17, 15) is 9.59 Å². The molecule has 0 saturated carbocycles. The number of nitrogens with zero attached hydrogens (tertiary/aromatic N) is 1. The van der Waals surface area contributed by atoms with Crippen LogP contribution >= 0.6 is 0 Å². The summed E-state index contributed by atoms with van der Waals surface area (Å²) in [6.45, 7) is 6.86. The van der Waals surface area contributed by atoms with Crippen LogP contribution < -0.4 is 10.1 Å². The summed E-state index contributed by atoms with van der Waals surface area (Å²) < 4.78 is 5.17. The molecule has 2 rings (SSSR count). The number of hydrogen-bond donors (Lipinski definition) is 1. The monoisotopic (exact) mass is 382 g/mol. The lowest BCUT2D eigenvalue weighted by atomic mass is 10.1. The van der Waals surface area contributed by atoms with Crippen molar-refractivity contribution in [2.45, 2.75) is 39.8 Å². The van der Waals surface area contributed by atoms with Gasteiger partial charge in [0, 0.05) is 13.1 Å². The average molecular weight is 383 g/mol. The van der Waals surface area contributed by atoms with E-state index in [1.54, 1.807) is 18.9 Å². The van der Waals surface area contributed by atoms with E-state index in [4.69, 9.17) is 4.74 Å². The van der Waals surface area contributed by atoms with Crippen LogP contribution in [-0.4, -0.2) is 36.4 Å². The molecule has 5 heteroatoms. The Labute approximate surface area is 167 Å². The minimum Gasteiger partial charge on any atom is -0.497 e. The molecule has 0 unspecified atom stereocenters. The number of ether oxygens (including phenoxy) is 1. The molecule has 0 aliphatic rings. The fraction of sp³-hybridized carbons (Fsp3) is 0.391. The van der Waals surface area contributed by atoms with Crippen molar-refractivity contribution in [3.05, 3.63) is 65.7 Å². The molecular weight excluding hydrogens is 352 g/mol. The van der Waals surface area contributed by atoms with Crippen LogP contribution in [0.1, 0.15) is 31.9 Å². The average Bonchev–Trinajstić information content (AvgIpc) is 2.71. The summed E-state index contributed by atoms with van der Waals surface area (Å²) in [6.07, 6.45) is 0.235. The molecule has 0 bridgehead atoms. The Balaban J connectivity index is 2.15. The van der Waals surface area contributed by atoms with E-state index < -0.39 is 6.04 Å². The van der Waals surface area contributed by atoms with E-state index >= 15 is 0 Å². The van der Waals surface area contributed by atoms with Crippen molar-refractivity contribution in [2.75, 3.05) is 13.7 Å². The Kier molecular flexibility index (Phi) is 8.05. The summed E-state index contributed by atoms with van der Waals surface area (Å²) in [5.74, 6) is 0.890. The highest BCUT2D eigenvalue weighted by Gasteiger charge is 2.26.